The average Bonchev–Trinajstić information content (AvgIpc) is 3.32. The summed E-state index contributed by atoms with van der Waals surface area (Å²) in [4.78, 5) is 23.5. The Hall–Kier alpha value is -4.71. The van der Waals surface area contributed by atoms with E-state index < -0.39 is 11.9 Å². The van der Waals surface area contributed by atoms with Crippen LogP contribution >= 0.6 is 0 Å². The van der Waals surface area contributed by atoms with Crippen molar-refractivity contribution in [1.29, 1.82) is 5.26 Å². The van der Waals surface area contributed by atoms with Crippen molar-refractivity contribution in [1.82, 2.24) is 0 Å². The molecule has 1 amide bonds. The van der Waals surface area contributed by atoms with E-state index in [1.807, 2.05) is 13.0 Å². The van der Waals surface area contributed by atoms with Crippen molar-refractivity contribution < 1.29 is 33.3 Å². The van der Waals surface area contributed by atoms with Gasteiger partial charge in [-0.2, -0.15) is 5.26 Å². The quantitative estimate of drug-likeness (QED) is 0.332. The Labute approximate surface area is 195 Å². The lowest BCUT2D eigenvalue weighted by atomic mass is 10.1. The van der Waals surface area contributed by atoms with Crippen molar-refractivity contribution >= 4 is 23.6 Å². The van der Waals surface area contributed by atoms with Crippen LogP contribution in [0.2, 0.25) is 0 Å². The molecule has 1 aromatic heterocycles. The summed E-state index contributed by atoms with van der Waals surface area (Å²) in [6.45, 7) is 2.41. The van der Waals surface area contributed by atoms with E-state index in [2.05, 4.69) is 5.32 Å². The molecule has 0 saturated carbocycles. The van der Waals surface area contributed by atoms with Gasteiger partial charge in [0.1, 0.15) is 29.8 Å². The lowest BCUT2D eigenvalue weighted by Crippen LogP contribution is -2.13. The van der Waals surface area contributed by atoms with Gasteiger partial charge in [-0.3, -0.25) is 4.79 Å². The summed E-state index contributed by atoms with van der Waals surface area (Å²) in [5.74, 6) is -0.147. The van der Waals surface area contributed by atoms with Crippen LogP contribution in [0.3, 0.4) is 0 Å². The highest BCUT2D eigenvalue weighted by atomic mass is 16.5. The van der Waals surface area contributed by atoms with Crippen molar-refractivity contribution in [3.05, 3.63) is 77.3 Å². The van der Waals surface area contributed by atoms with Gasteiger partial charge in [0.25, 0.3) is 5.91 Å². The van der Waals surface area contributed by atoms with Crippen molar-refractivity contribution in [3.8, 4) is 23.3 Å². The minimum absolute atomic E-state index is 0.00718. The van der Waals surface area contributed by atoms with Crippen molar-refractivity contribution in [2.45, 2.75) is 13.5 Å². The molecule has 3 rings (SSSR count). The third-order valence-corrected chi connectivity index (χ3v) is 4.53. The van der Waals surface area contributed by atoms with Crippen molar-refractivity contribution in [2.24, 2.45) is 0 Å². The highest BCUT2D eigenvalue weighted by molar-refractivity contribution is 6.09. The van der Waals surface area contributed by atoms with E-state index in [-0.39, 0.29) is 17.9 Å². The number of anilines is 1. The zero-order chi connectivity index (χ0) is 24.5. The Morgan fingerprint density at radius 2 is 1.85 bits per heavy atom. The number of benzene rings is 2. The third kappa shape index (κ3) is 6.17. The van der Waals surface area contributed by atoms with Crippen LogP contribution in [0.1, 0.15) is 28.8 Å². The van der Waals surface area contributed by atoms with Gasteiger partial charge in [0, 0.05) is 5.69 Å². The summed E-state index contributed by atoms with van der Waals surface area (Å²) in [7, 11) is 1.45. The number of hydrogen-bond donors (Lipinski definition) is 2. The third-order valence-electron chi connectivity index (χ3n) is 4.53. The van der Waals surface area contributed by atoms with Gasteiger partial charge in [-0.25, -0.2) is 4.79 Å². The number of furan rings is 1. The van der Waals surface area contributed by atoms with E-state index >= 15 is 0 Å². The minimum Gasteiger partial charge on any atom is -0.494 e. The number of nitriles is 1. The summed E-state index contributed by atoms with van der Waals surface area (Å²) < 4.78 is 21.5. The molecule has 0 aliphatic heterocycles. The molecule has 3 aromatic rings. The lowest BCUT2D eigenvalue weighted by molar-refractivity contribution is -0.112. The van der Waals surface area contributed by atoms with Crippen molar-refractivity contribution in [2.75, 3.05) is 19.0 Å². The number of carboxylic acid groups (broad SMARTS) is 1. The number of nitrogens with zero attached hydrogens (tertiary/aromatic N) is 1. The zero-order valence-electron chi connectivity index (χ0n) is 18.5. The number of methoxy groups -OCH3 is 1. The number of carbonyl (C=O) groups is 2. The summed E-state index contributed by atoms with van der Waals surface area (Å²) in [6.07, 6.45) is 1.43. The Morgan fingerprint density at radius 1 is 1.09 bits per heavy atom. The predicted molar refractivity (Wildman–Crippen MR) is 123 cm³/mol. The summed E-state index contributed by atoms with van der Waals surface area (Å²) in [5.41, 5.74) is 0.982. The number of carboxylic acids is 1. The second kappa shape index (κ2) is 11.2. The van der Waals surface area contributed by atoms with E-state index in [0.29, 0.717) is 40.9 Å². The lowest BCUT2D eigenvalue weighted by Gasteiger charge is -2.11. The molecule has 0 fully saturated rings. The van der Waals surface area contributed by atoms with Gasteiger partial charge in [-0.05, 0) is 67.1 Å². The maximum atomic E-state index is 12.5. The number of rotatable bonds is 10. The molecular formula is C25H22N2O7. The fourth-order valence-corrected chi connectivity index (χ4v) is 2.93. The molecular weight excluding hydrogens is 440 g/mol. The second-order valence-corrected chi connectivity index (χ2v) is 6.85. The van der Waals surface area contributed by atoms with E-state index in [0.717, 1.165) is 0 Å². The smallest absolute Gasteiger partial charge is 0.371 e. The van der Waals surface area contributed by atoms with E-state index in [4.69, 9.17) is 23.7 Å². The van der Waals surface area contributed by atoms with Gasteiger partial charge in [-0.15, -0.1) is 0 Å². The first-order valence-corrected chi connectivity index (χ1v) is 10.2. The van der Waals surface area contributed by atoms with Crippen LogP contribution in [0.15, 0.2) is 64.6 Å². The molecule has 0 atom stereocenters. The largest absolute Gasteiger partial charge is 0.494 e. The van der Waals surface area contributed by atoms with Gasteiger partial charge >= 0.3 is 5.97 Å². The van der Waals surface area contributed by atoms with Crippen LogP contribution in [-0.4, -0.2) is 30.7 Å². The van der Waals surface area contributed by atoms with E-state index in [9.17, 15) is 14.9 Å². The topological polar surface area (TPSA) is 131 Å². The van der Waals surface area contributed by atoms with Gasteiger partial charge < -0.3 is 29.1 Å². The first kappa shape index (κ1) is 23.9. The molecule has 1 heterocycles. The van der Waals surface area contributed by atoms with Gasteiger partial charge in [0.15, 0.2) is 11.5 Å². The van der Waals surface area contributed by atoms with Crippen LogP contribution < -0.4 is 19.5 Å². The first-order chi connectivity index (χ1) is 16.4. The summed E-state index contributed by atoms with van der Waals surface area (Å²) in [5, 5.41) is 21.1. The van der Waals surface area contributed by atoms with Gasteiger partial charge in [0.05, 0.1) is 13.7 Å². The Bertz CT molecular complexity index is 1240. The molecule has 2 N–H and O–H groups in total. The Balaban J connectivity index is 1.70. The fourth-order valence-electron chi connectivity index (χ4n) is 2.93. The van der Waals surface area contributed by atoms with Crippen LogP contribution in [-0.2, 0) is 11.4 Å². The number of aromatic carboxylic acids is 1. The maximum absolute atomic E-state index is 12.5. The van der Waals surface area contributed by atoms with Crippen LogP contribution in [0.4, 0.5) is 5.69 Å². The number of nitrogens with one attached hydrogen (secondary N) is 1. The van der Waals surface area contributed by atoms with Crippen molar-refractivity contribution in [3.63, 3.8) is 0 Å². The molecule has 0 saturated heterocycles. The minimum atomic E-state index is -1.17. The SMILES string of the molecule is CCOc1ccc(NC(=O)/C(C#N)=C\c2ccc(OCc3ccc(C(=O)O)o3)c(OC)c2)cc1. The molecule has 0 aliphatic rings. The highest BCUT2D eigenvalue weighted by Gasteiger charge is 2.13. The number of amides is 1. The van der Waals surface area contributed by atoms with E-state index in [1.54, 1.807) is 42.5 Å². The average molecular weight is 462 g/mol. The Kier molecular flexibility index (Phi) is 7.92. The van der Waals surface area contributed by atoms with Gasteiger partial charge in [0.2, 0.25) is 5.76 Å². The second-order valence-electron chi connectivity index (χ2n) is 6.85. The molecule has 0 aliphatic carbocycles. The summed E-state index contributed by atoms with van der Waals surface area (Å²) >= 11 is 0. The number of carbonyl (C=O) groups excluding carboxylic acids is 1. The van der Waals surface area contributed by atoms with Crippen LogP contribution in [0.25, 0.3) is 6.08 Å². The molecule has 9 nitrogen and oxygen atoms in total. The Morgan fingerprint density at radius 3 is 2.47 bits per heavy atom. The highest BCUT2D eigenvalue weighted by Crippen LogP contribution is 2.30. The van der Waals surface area contributed by atoms with Gasteiger partial charge in [-0.1, -0.05) is 6.07 Å². The van der Waals surface area contributed by atoms with Crippen LogP contribution in [0.5, 0.6) is 17.2 Å². The molecule has 0 radical (unpaired) electrons. The summed E-state index contributed by atoms with van der Waals surface area (Å²) in [6, 6.07) is 16.5. The number of ether oxygens (including phenoxy) is 3. The monoisotopic (exact) mass is 462 g/mol. The molecule has 0 unspecified atom stereocenters. The molecule has 34 heavy (non-hydrogen) atoms. The molecule has 9 heteroatoms. The molecule has 0 spiro atoms. The predicted octanol–water partition coefficient (Wildman–Crippen LogP) is 4.51. The number of hydrogen-bond acceptors (Lipinski definition) is 7. The molecule has 174 valence electrons. The molecule has 2 aromatic carbocycles. The van der Waals surface area contributed by atoms with Crippen LogP contribution in [0, 0.1) is 11.3 Å². The van der Waals surface area contributed by atoms with E-state index in [1.165, 1.54) is 25.3 Å². The normalized spacial score (nSPS) is 10.8. The fraction of sp³-hybridized carbons (Fsp3) is 0.160. The molecule has 0 bridgehead atoms. The zero-order valence-corrected chi connectivity index (χ0v) is 18.5. The maximum Gasteiger partial charge on any atom is 0.371 e. The standard InChI is InChI=1S/C25H22N2O7/c1-3-32-19-7-5-18(6-8-19)27-24(28)17(14-26)12-16-4-10-21(23(13-16)31-2)33-15-20-9-11-22(34-20)25(29)30/h4-13H,3,15H2,1-2H3,(H,27,28)(H,29,30)/b17-12-. The first-order valence-electron chi connectivity index (χ1n) is 10.2.